The van der Waals surface area contributed by atoms with E-state index in [0.717, 1.165) is 37.5 Å². The summed E-state index contributed by atoms with van der Waals surface area (Å²) in [6.45, 7) is 4.78. The van der Waals surface area contributed by atoms with Crippen LogP contribution in [0.15, 0.2) is 42.5 Å². The molecule has 0 aliphatic carbocycles. The molecular weight excluding hydrogens is 418 g/mol. The predicted molar refractivity (Wildman–Crippen MR) is 122 cm³/mol. The highest BCUT2D eigenvalue weighted by Crippen LogP contribution is 2.29. The molecule has 0 saturated carbocycles. The Labute approximate surface area is 188 Å². The van der Waals surface area contributed by atoms with Gasteiger partial charge in [0.2, 0.25) is 5.91 Å². The first-order chi connectivity index (χ1) is 14.9. The third-order valence-electron chi connectivity index (χ3n) is 5.26. The standard InChI is InChI=1S/C23H30ClN3O4/c1-16(28)26-22-7-6-20(29)12-23(22)31-15-21(30)13-25-19-8-10-27(11-9-19)14-17-2-4-18(24)5-3-17/h2-7,12,19,21,25,29-30H,8-11,13-15H2,1H3,(H,26,28)/t21-/m0/s1. The molecule has 1 saturated heterocycles. The monoisotopic (exact) mass is 447 g/mol. The van der Waals surface area contributed by atoms with Crippen LogP contribution in [0.4, 0.5) is 5.69 Å². The van der Waals surface area contributed by atoms with Crippen LogP contribution in [-0.2, 0) is 11.3 Å². The number of anilines is 1. The molecule has 8 heteroatoms. The maximum absolute atomic E-state index is 11.3. The summed E-state index contributed by atoms with van der Waals surface area (Å²) in [4.78, 5) is 13.7. The maximum atomic E-state index is 11.3. The number of likely N-dealkylation sites (tertiary alicyclic amines) is 1. The lowest BCUT2D eigenvalue weighted by molar-refractivity contribution is -0.114. The molecule has 0 bridgehead atoms. The van der Waals surface area contributed by atoms with E-state index >= 15 is 0 Å². The summed E-state index contributed by atoms with van der Waals surface area (Å²) in [5.41, 5.74) is 1.72. The molecule has 1 fully saturated rings. The average molecular weight is 448 g/mol. The molecule has 1 aliphatic rings. The zero-order valence-corrected chi connectivity index (χ0v) is 18.4. The fourth-order valence-corrected chi connectivity index (χ4v) is 3.74. The number of hydrogen-bond donors (Lipinski definition) is 4. The Morgan fingerprint density at radius 2 is 1.94 bits per heavy atom. The van der Waals surface area contributed by atoms with E-state index in [1.54, 1.807) is 6.07 Å². The third kappa shape index (κ3) is 7.70. The van der Waals surface area contributed by atoms with Crippen LogP contribution in [0, 0.1) is 0 Å². The smallest absolute Gasteiger partial charge is 0.221 e. The normalized spacial score (nSPS) is 16.1. The number of phenols is 1. The minimum absolute atomic E-state index is 0.0297. The molecule has 3 rings (SSSR count). The Bertz CT molecular complexity index is 854. The average Bonchev–Trinajstić information content (AvgIpc) is 2.74. The number of aromatic hydroxyl groups is 1. The number of aliphatic hydroxyl groups is 1. The summed E-state index contributed by atoms with van der Waals surface area (Å²) in [5.74, 6) is 0.118. The number of aliphatic hydroxyl groups excluding tert-OH is 1. The van der Waals surface area contributed by atoms with Gasteiger partial charge in [0.1, 0.15) is 24.2 Å². The molecule has 1 amide bonds. The number of nitrogens with zero attached hydrogens (tertiary/aromatic N) is 1. The summed E-state index contributed by atoms with van der Waals surface area (Å²) in [5, 5.41) is 26.8. The lowest BCUT2D eigenvalue weighted by atomic mass is 10.0. The molecular formula is C23H30ClN3O4. The number of halogens is 1. The summed E-state index contributed by atoms with van der Waals surface area (Å²) in [6.07, 6.45) is 1.32. The van der Waals surface area contributed by atoms with Gasteiger partial charge in [-0.2, -0.15) is 0 Å². The number of nitrogens with one attached hydrogen (secondary N) is 2. The Morgan fingerprint density at radius 1 is 1.23 bits per heavy atom. The minimum atomic E-state index is -0.709. The van der Waals surface area contributed by atoms with Crippen molar-refractivity contribution in [3.05, 3.63) is 53.1 Å². The molecule has 0 spiro atoms. The van der Waals surface area contributed by atoms with Gasteiger partial charge in [0.05, 0.1) is 5.69 Å². The summed E-state index contributed by atoms with van der Waals surface area (Å²) in [7, 11) is 0. The second-order valence-corrected chi connectivity index (χ2v) is 8.35. The van der Waals surface area contributed by atoms with Crippen LogP contribution in [-0.4, -0.2) is 59.4 Å². The number of piperidine rings is 1. The minimum Gasteiger partial charge on any atom is -0.508 e. The van der Waals surface area contributed by atoms with Crippen molar-refractivity contribution in [1.82, 2.24) is 10.2 Å². The van der Waals surface area contributed by atoms with Crippen molar-refractivity contribution in [2.24, 2.45) is 0 Å². The van der Waals surface area contributed by atoms with Crippen molar-refractivity contribution in [3.63, 3.8) is 0 Å². The fourth-order valence-electron chi connectivity index (χ4n) is 3.61. The van der Waals surface area contributed by atoms with Crippen molar-refractivity contribution in [2.45, 2.75) is 38.5 Å². The highest BCUT2D eigenvalue weighted by atomic mass is 35.5. The van der Waals surface area contributed by atoms with Crippen molar-refractivity contribution in [1.29, 1.82) is 0 Å². The highest BCUT2D eigenvalue weighted by Gasteiger charge is 2.20. The molecule has 0 aromatic heterocycles. The van der Waals surface area contributed by atoms with Crippen LogP contribution in [0.2, 0.25) is 5.02 Å². The van der Waals surface area contributed by atoms with Crippen molar-refractivity contribution in [2.75, 3.05) is 31.6 Å². The Balaban J connectivity index is 1.38. The van der Waals surface area contributed by atoms with E-state index in [0.29, 0.717) is 24.0 Å². The largest absolute Gasteiger partial charge is 0.508 e. The van der Waals surface area contributed by atoms with Crippen LogP contribution in [0.5, 0.6) is 11.5 Å². The van der Waals surface area contributed by atoms with E-state index in [1.165, 1.54) is 24.6 Å². The van der Waals surface area contributed by atoms with Gasteiger partial charge < -0.3 is 25.6 Å². The van der Waals surface area contributed by atoms with Crippen LogP contribution in [0.25, 0.3) is 0 Å². The van der Waals surface area contributed by atoms with E-state index in [9.17, 15) is 15.0 Å². The quantitative estimate of drug-likeness (QED) is 0.441. The van der Waals surface area contributed by atoms with Gasteiger partial charge in [0.25, 0.3) is 0 Å². The van der Waals surface area contributed by atoms with Crippen molar-refractivity contribution >= 4 is 23.2 Å². The molecule has 2 aromatic rings. The number of amides is 1. The SMILES string of the molecule is CC(=O)Nc1ccc(O)cc1OC[C@@H](O)CNC1CCN(Cc2ccc(Cl)cc2)CC1. The highest BCUT2D eigenvalue weighted by molar-refractivity contribution is 6.30. The predicted octanol–water partition coefficient (Wildman–Crippen LogP) is 3.00. The molecule has 2 aromatic carbocycles. The van der Waals surface area contributed by atoms with Crippen LogP contribution >= 0.6 is 11.6 Å². The van der Waals surface area contributed by atoms with Gasteiger partial charge in [-0.25, -0.2) is 0 Å². The zero-order chi connectivity index (χ0) is 22.2. The number of benzene rings is 2. The number of rotatable bonds is 9. The summed E-state index contributed by atoms with van der Waals surface area (Å²) >= 11 is 5.95. The van der Waals surface area contributed by atoms with Crippen molar-refractivity contribution < 1.29 is 19.7 Å². The first kappa shape index (κ1) is 23.3. The first-order valence-electron chi connectivity index (χ1n) is 10.5. The molecule has 7 nitrogen and oxygen atoms in total. The number of hydrogen-bond acceptors (Lipinski definition) is 6. The van der Waals surface area contributed by atoms with Crippen LogP contribution in [0.1, 0.15) is 25.3 Å². The molecule has 1 aliphatic heterocycles. The van der Waals surface area contributed by atoms with E-state index in [-0.39, 0.29) is 18.3 Å². The summed E-state index contributed by atoms with van der Waals surface area (Å²) < 4.78 is 5.63. The first-order valence-corrected chi connectivity index (χ1v) is 10.9. The Morgan fingerprint density at radius 3 is 2.61 bits per heavy atom. The third-order valence-corrected chi connectivity index (χ3v) is 5.51. The zero-order valence-electron chi connectivity index (χ0n) is 17.7. The van der Waals surface area contributed by atoms with E-state index in [1.807, 2.05) is 12.1 Å². The topological polar surface area (TPSA) is 94.1 Å². The molecule has 31 heavy (non-hydrogen) atoms. The van der Waals surface area contributed by atoms with Crippen LogP contribution < -0.4 is 15.4 Å². The van der Waals surface area contributed by atoms with Gasteiger partial charge in [-0.05, 0) is 55.8 Å². The second-order valence-electron chi connectivity index (χ2n) is 7.91. The molecule has 4 N–H and O–H groups in total. The maximum Gasteiger partial charge on any atom is 0.221 e. The Hall–Kier alpha value is -2.32. The van der Waals surface area contributed by atoms with E-state index < -0.39 is 6.10 Å². The molecule has 168 valence electrons. The van der Waals surface area contributed by atoms with Gasteiger partial charge in [-0.15, -0.1) is 0 Å². The lowest BCUT2D eigenvalue weighted by Gasteiger charge is -2.33. The number of ether oxygens (including phenoxy) is 1. The number of carbonyl (C=O) groups excluding carboxylic acids is 1. The van der Waals surface area contributed by atoms with Crippen LogP contribution in [0.3, 0.4) is 0 Å². The van der Waals surface area contributed by atoms with Gasteiger partial charge in [0, 0.05) is 37.1 Å². The van der Waals surface area contributed by atoms with Gasteiger partial charge in [-0.1, -0.05) is 23.7 Å². The van der Waals surface area contributed by atoms with Crippen molar-refractivity contribution in [3.8, 4) is 11.5 Å². The molecule has 0 radical (unpaired) electrons. The van der Waals surface area contributed by atoms with E-state index in [2.05, 4.69) is 27.7 Å². The molecule has 0 unspecified atom stereocenters. The van der Waals surface area contributed by atoms with Gasteiger partial charge >= 0.3 is 0 Å². The summed E-state index contributed by atoms with van der Waals surface area (Å²) in [6, 6.07) is 12.8. The fraction of sp³-hybridized carbons (Fsp3) is 0.435. The lowest BCUT2D eigenvalue weighted by Crippen LogP contribution is -2.45. The van der Waals surface area contributed by atoms with E-state index in [4.69, 9.17) is 16.3 Å². The van der Waals surface area contributed by atoms with Gasteiger partial charge in [0.15, 0.2) is 0 Å². The molecule has 1 atom stereocenters. The van der Waals surface area contributed by atoms with Gasteiger partial charge in [-0.3, -0.25) is 9.69 Å². The number of phenolic OH excluding ortho intramolecular Hbond substituents is 1. The molecule has 1 heterocycles. The number of carbonyl (C=O) groups is 1. The second kappa shape index (κ2) is 11.3. The Kier molecular flexibility index (Phi) is 8.54.